The van der Waals surface area contributed by atoms with Gasteiger partial charge in [-0.25, -0.2) is 0 Å². The fourth-order valence-electron chi connectivity index (χ4n) is 5.31. The lowest BCUT2D eigenvalue weighted by atomic mass is 9.97. The van der Waals surface area contributed by atoms with Crippen molar-refractivity contribution in [2.75, 3.05) is 6.61 Å². The highest BCUT2D eigenvalue weighted by atomic mass is 16.5. The monoisotopic (exact) mass is 562 g/mol. The smallest absolute Gasteiger partial charge is 0.307 e. The van der Waals surface area contributed by atoms with Crippen LogP contribution in [0.15, 0.2) is 24.8 Å². The summed E-state index contributed by atoms with van der Waals surface area (Å²) in [7, 11) is 0. The minimum absolute atomic E-state index is 0.0406. The molecule has 0 aromatic carbocycles. The van der Waals surface area contributed by atoms with Gasteiger partial charge in [-0.3, -0.25) is 9.59 Å². The number of hydrogen-bond donors (Lipinski definition) is 1. The molecule has 0 radical (unpaired) electrons. The van der Waals surface area contributed by atoms with E-state index in [0.717, 1.165) is 19.3 Å². The maximum absolute atomic E-state index is 11.6. The predicted octanol–water partition coefficient (Wildman–Crippen LogP) is 11.5. The summed E-state index contributed by atoms with van der Waals surface area (Å²) >= 11 is 0. The lowest BCUT2D eigenvalue weighted by molar-refractivity contribution is -0.151. The van der Waals surface area contributed by atoms with Gasteiger partial charge in [-0.1, -0.05) is 167 Å². The molecule has 0 aromatic heterocycles. The molecule has 4 heteroatoms. The maximum Gasteiger partial charge on any atom is 0.307 e. The third kappa shape index (κ3) is 29.4. The molecule has 0 heterocycles. The lowest BCUT2D eigenvalue weighted by Gasteiger charge is -2.11. The Hall–Kier alpha value is -1.58. The van der Waals surface area contributed by atoms with Crippen LogP contribution < -0.4 is 0 Å². The highest BCUT2D eigenvalue weighted by Crippen LogP contribution is 2.18. The van der Waals surface area contributed by atoms with Gasteiger partial charge in [-0.05, 0) is 32.1 Å². The van der Waals surface area contributed by atoms with Gasteiger partial charge >= 0.3 is 11.9 Å². The average Bonchev–Trinajstić information content (AvgIpc) is 2.94. The molecule has 1 atom stereocenters. The summed E-state index contributed by atoms with van der Waals surface area (Å²) in [5, 5.41) is 9.32. The Labute approximate surface area is 248 Å². The SMILES string of the molecule is C=CCOC(=O)CC(CCCCCCCCCCCCCCCCCCCCCC/C=C/CCCCC)C(=O)O. The van der Waals surface area contributed by atoms with E-state index in [2.05, 4.69) is 25.7 Å². The quantitative estimate of drug-likeness (QED) is 0.0503. The molecule has 0 amide bonds. The highest BCUT2D eigenvalue weighted by molar-refractivity contribution is 5.78. The van der Waals surface area contributed by atoms with Gasteiger partial charge in [0.2, 0.25) is 0 Å². The molecule has 0 aliphatic rings. The summed E-state index contributed by atoms with van der Waals surface area (Å²) in [6.45, 7) is 5.91. The summed E-state index contributed by atoms with van der Waals surface area (Å²) in [5.74, 6) is -1.98. The second-order valence-corrected chi connectivity index (χ2v) is 11.8. The number of aliphatic carboxylic acids is 1. The highest BCUT2D eigenvalue weighted by Gasteiger charge is 2.21. The molecule has 0 rings (SSSR count). The molecule has 0 saturated carbocycles. The fraction of sp³-hybridized carbons (Fsp3) is 0.833. The number of esters is 1. The van der Waals surface area contributed by atoms with Crippen molar-refractivity contribution in [2.24, 2.45) is 5.92 Å². The first-order chi connectivity index (χ1) is 19.6. The topological polar surface area (TPSA) is 63.6 Å². The van der Waals surface area contributed by atoms with Crippen LogP contribution in [-0.2, 0) is 14.3 Å². The third-order valence-corrected chi connectivity index (χ3v) is 7.94. The number of ether oxygens (including phenoxy) is 1. The number of hydrogen-bond acceptors (Lipinski definition) is 3. The Morgan fingerprint density at radius 3 is 1.38 bits per heavy atom. The van der Waals surface area contributed by atoms with Crippen molar-refractivity contribution in [3.05, 3.63) is 24.8 Å². The average molecular weight is 563 g/mol. The molecular formula is C36H66O4. The summed E-state index contributed by atoms with van der Waals surface area (Å²) < 4.78 is 4.91. The van der Waals surface area contributed by atoms with Crippen LogP contribution in [0.1, 0.15) is 180 Å². The van der Waals surface area contributed by atoms with E-state index in [1.165, 1.54) is 147 Å². The van der Waals surface area contributed by atoms with Crippen molar-refractivity contribution in [2.45, 2.75) is 180 Å². The van der Waals surface area contributed by atoms with Gasteiger partial charge in [0.15, 0.2) is 0 Å². The molecule has 0 aliphatic heterocycles. The zero-order valence-electron chi connectivity index (χ0n) is 26.5. The maximum atomic E-state index is 11.6. The van der Waals surface area contributed by atoms with Gasteiger partial charge in [0.05, 0.1) is 12.3 Å². The second-order valence-electron chi connectivity index (χ2n) is 11.8. The van der Waals surface area contributed by atoms with Gasteiger partial charge in [0.25, 0.3) is 0 Å². The standard InChI is InChI=1S/C36H66O4/c1-3-5-6-7-8-9-10-11-12-13-14-15-16-17-18-19-20-21-22-23-24-25-26-27-28-29-30-31-34(36(38)39)33-35(37)40-32-4-2/h4,8-9,34H,2-3,5-7,10-33H2,1H3,(H,38,39)/b9-8+. The first kappa shape index (κ1) is 38.4. The minimum atomic E-state index is -0.899. The lowest BCUT2D eigenvalue weighted by Crippen LogP contribution is -2.19. The van der Waals surface area contributed by atoms with E-state index in [1.54, 1.807) is 0 Å². The zero-order chi connectivity index (χ0) is 29.4. The van der Waals surface area contributed by atoms with E-state index < -0.39 is 17.9 Å². The van der Waals surface area contributed by atoms with Crippen molar-refractivity contribution in [1.82, 2.24) is 0 Å². The number of carbonyl (C=O) groups is 2. The molecule has 0 bridgehead atoms. The van der Waals surface area contributed by atoms with Crippen molar-refractivity contribution >= 4 is 11.9 Å². The summed E-state index contributed by atoms with van der Waals surface area (Å²) in [6.07, 6.45) is 40.0. The first-order valence-corrected chi connectivity index (χ1v) is 17.3. The van der Waals surface area contributed by atoms with Crippen molar-refractivity contribution in [1.29, 1.82) is 0 Å². The Morgan fingerprint density at radius 2 is 1.00 bits per heavy atom. The number of carboxylic acid groups (broad SMARTS) is 1. The number of rotatable bonds is 32. The van der Waals surface area contributed by atoms with E-state index >= 15 is 0 Å². The summed E-state index contributed by atoms with van der Waals surface area (Å²) in [6, 6.07) is 0. The zero-order valence-corrected chi connectivity index (χ0v) is 26.5. The van der Waals surface area contributed by atoms with Crippen molar-refractivity contribution in [3.63, 3.8) is 0 Å². The predicted molar refractivity (Wildman–Crippen MR) is 172 cm³/mol. The van der Waals surface area contributed by atoms with Crippen LogP contribution in [0.3, 0.4) is 0 Å². The second kappa shape index (κ2) is 31.9. The third-order valence-electron chi connectivity index (χ3n) is 7.94. The molecular weight excluding hydrogens is 496 g/mol. The van der Waals surface area contributed by atoms with Gasteiger partial charge in [-0.15, -0.1) is 0 Å². The van der Waals surface area contributed by atoms with Crippen LogP contribution in [0.2, 0.25) is 0 Å². The van der Waals surface area contributed by atoms with E-state index in [1.807, 2.05) is 0 Å². The van der Waals surface area contributed by atoms with Crippen LogP contribution in [0.25, 0.3) is 0 Å². The Morgan fingerprint density at radius 1 is 0.625 bits per heavy atom. The van der Waals surface area contributed by atoms with Gasteiger partial charge < -0.3 is 9.84 Å². The van der Waals surface area contributed by atoms with Crippen molar-refractivity contribution < 1.29 is 19.4 Å². The Kier molecular flexibility index (Phi) is 30.7. The number of carboxylic acids is 1. The molecule has 0 saturated heterocycles. The van der Waals surface area contributed by atoms with Gasteiger partial charge in [0, 0.05) is 0 Å². The minimum Gasteiger partial charge on any atom is -0.481 e. The molecule has 234 valence electrons. The number of allylic oxidation sites excluding steroid dienone is 2. The first-order valence-electron chi connectivity index (χ1n) is 17.3. The number of carbonyl (C=O) groups excluding carboxylic acids is 1. The Balaban J connectivity index is 3.29. The van der Waals surface area contributed by atoms with Crippen LogP contribution in [-0.4, -0.2) is 23.7 Å². The Bertz CT molecular complexity index is 598. The van der Waals surface area contributed by atoms with E-state index in [9.17, 15) is 14.7 Å². The van der Waals surface area contributed by atoms with Crippen LogP contribution in [0.5, 0.6) is 0 Å². The fourth-order valence-corrected chi connectivity index (χ4v) is 5.31. The molecule has 0 spiro atoms. The van der Waals surface area contributed by atoms with E-state index in [-0.39, 0.29) is 13.0 Å². The molecule has 0 aliphatic carbocycles. The molecule has 0 aromatic rings. The van der Waals surface area contributed by atoms with Crippen LogP contribution in [0.4, 0.5) is 0 Å². The molecule has 4 nitrogen and oxygen atoms in total. The summed E-state index contributed by atoms with van der Waals surface area (Å²) in [5.41, 5.74) is 0. The van der Waals surface area contributed by atoms with E-state index in [4.69, 9.17) is 4.74 Å². The normalized spacial score (nSPS) is 12.1. The molecule has 0 fully saturated rings. The van der Waals surface area contributed by atoms with Crippen LogP contribution >= 0.6 is 0 Å². The van der Waals surface area contributed by atoms with E-state index in [0.29, 0.717) is 6.42 Å². The van der Waals surface area contributed by atoms with Gasteiger partial charge in [0.1, 0.15) is 6.61 Å². The van der Waals surface area contributed by atoms with Crippen LogP contribution in [0, 0.1) is 5.92 Å². The van der Waals surface area contributed by atoms with Gasteiger partial charge in [-0.2, -0.15) is 0 Å². The molecule has 1 N–H and O–H groups in total. The van der Waals surface area contributed by atoms with Crippen molar-refractivity contribution in [3.8, 4) is 0 Å². The summed E-state index contributed by atoms with van der Waals surface area (Å²) in [4.78, 5) is 23.0. The largest absolute Gasteiger partial charge is 0.481 e. The molecule has 40 heavy (non-hydrogen) atoms. The number of unbranched alkanes of at least 4 members (excludes halogenated alkanes) is 23. The molecule has 1 unspecified atom stereocenters.